The molecule has 3 aromatic carbocycles. The van der Waals surface area contributed by atoms with Gasteiger partial charge in [-0.1, -0.05) is 54.1 Å². The third-order valence-electron chi connectivity index (χ3n) is 7.97. The van der Waals surface area contributed by atoms with E-state index in [2.05, 4.69) is 10.6 Å². The van der Waals surface area contributed by atoms with Gasteiger partial charge in [-0.15, -0.1) is 0 Å². The van der Waals surface area contributed by atoms with E-state index in [1.165, 1.54) is 17.0 Å². The lowest BCUT2D eigenvalue weighted by atomic mass is 9.76. The number of imide groups is 1. The number of anilines is 1. The minimum atomic E-state index is -1.46. The number of hydrogen-bond donors (Lipinski definition) is 4. The second-order valence-corrected chi connectivity index (χ2v) is 10.7. The Bertz CT molecular complexity index is 1490. The zero-order valence-corrected chi connectivity index (χ0v) is 21.3. The van der Waals surface area contributed by atoms with Crippen LogP contribution in [0, 0.1) is 18.8 Å². The number of aryl methyl sites for hydroxylation is 1. The van der Waals surface area contributed by atoms with Gasteiger partial charge in [0.15, 0.2) is 11.5 Å². The molecule has 9 heteroatoms. The van der Waals surface area contributed by atoms with Crippen LogP contribution < -0.4 is 10.6 Å². The highest BCUT2D eigenvalue weighted by Gasteiger charge is 2.70. The fourth-order valence-corrected chi connectivity index (χ4v) is 6.61. The molecule has 0 bridgehead atoms. The van der Waals surface area contributed by atoms with E-state index in [0.29, 0.717) is 28.3 Å². The first-order valence-corrected chi connectivity index (χ1v) is 12.9. The van der Waals surface area contributed by atoms with Crippen molar-refractivity contribution in [2.75, 3.05) is 11.9 Å². The standard InChI is InChI=1S/C29H26ClN3O5/c1-15-11-18-25(19(30)12-15)31-28(38)29(18)24-23(20(32-29)13-17-7-8-21(34)22(35)14-17)26(36)33(27(24)37)10-9-16-5-3-2-4-6-16/h2-8,11-12,14,20,23-24,32,34-35H,9-10,13H2,1H3,(H,31,38)/t20-,23-,24-,29-/m1/s1. The predicted octanol–water partition coefficient (Wildman–Crippen LogP) is 3.27. The maximum atomic E-state index is 14.0. The van der Waals surface area contributed by atoms with Gasteiger partial charge in [0.1, 0.15) is 5.54 Å². The highest BCUT2D eigenvalue weighted by atomic mass is 35.5. The molecule has 3 aliphatic heterocycles. The van der Waals surface area contributed by atoms with Gasteiger partial charge in [0.2, 0.25) is 17.7 Å². The monoisotopic (exact) mass is 531 g/mol. The molecule has 6 rings (SSSR count). The van der Waals surface area contributed by atoms with Crippen LogP contribution in [0.25, 0.3) is 0 Å². The number of nitrogens with zero attached hydrogens (tertiary/aromatic N) is 1. The molecular formula is C29H26ClN3O5. The highest BCUT2D eigenvalue weighted by Crippen LogP contribution is 2.54. The average Bonchev–Trinajstić information content (AvgIpc) is 3.46. The molecule has 0 radical (unpaired) electrons. The van der Waals surface area contributed by atoms with E-state index < -0.39 is 29.3 Å². The number of phenols is 2. The Labute approximate surface area is 224 Å². The maximum Gasteiger partial charge on any atom is 0.250 e. The van der Waals surface area contributed by atoms with E-state index >= 15 is 0 Å². The second kappa shape index (κ2) is 8.85. The number of rotatable bonds is 5. The number of halogens is 1. The van der Waals surface area contributed by atoms with Crippen molar-refractivity contribution in [2.45, 2.75) is 31.3 Å². The molecule has 2 saturated heterocycles. The Morgan fingerprint density at radius 1 is 0.947 bits per heavy atom. The Morgan fingerprint density at radius 2 is 1.71 bits per heavy atom. The number of aromatic hydroxyl groups is 2. The van der Waals surface area contributed by atoms with Gasteiger partial charge in [0.25, 0.3) is 0 Å². The number of carbonyl (C=O) groups is 3. The number of hydrogen-bond acceptors (Lipinski definition) is 6. The van der Waals surface area contributed by atoms with Crippen LogP contribution in [0.3, 0.4) is 0 Å². The highest BCUT2D eigenvalue weighted by molar-refractivity contribution is 6.35. The molecule has 3 aliphatic rings. The van der Waals surface area contributed by atoms with Crippen LogP contribution in [0.4, 0.5) is 5.69 Å². The summed E-state index contributed by atoms with van der Waals surface area (Å²) in [6, 6.07) is 17.1. The molecule has 8 nitrogen and oxygen atoms in total. The van der Waals surface area contributed by atoms with Crippen molar-refractivity contribution in [3.8, 4) is 11.5 Å². The van der Waals surface area contributed by atoms with Gasteiger partial charge < -0.3 is 15.5 Å². The molecule has 0 aromatic heterocycles. The molecule has 1 spiro atoms. The van der Waals surface area contributed by atoms with Crippen LogP contribution in [0.2, 0.25) is 5.02 Å². The summed E-state index contributed by atoms with van der Waals surface area (Å²) in [4.78, 5) is 42.8. The zero-order valence-electron chi connectivity index (χ0n) is 20.6. The lowest BCUT2D eigenvalue weighted by molar-refractivity contribution is -0.142. The van der Waals surface area contributed by atoms with E-state index in [0.717, 1.165) is 11.1 Å². The van der Waals surface area contributed by atoms with E-state index in [9.17, 15) is 24.6 Å². The normalized spacial score (nSPS) is 25.7. The van der Waals surface area contributed by atoms with Gasteiger partial charge in [-0.25, -0.2) is 0 Å². The predicted molar refractivity (Wildman–Crippen MR) is 141 cm³/mol. The largest absolute Gasteiger partial charge is 0.504 e. The number of amides is 3. The first kappa shape index (κ1) is 24.5. The van der Waals surface area contributed by atoms with Crippen molar-refractivity contribution >= 4 is 35.0 Å². The van der Waals surface area contributed by atoms with Gasteiger partial charge in [-0.05, 0) is 54.7 Å². The summed E-state index contributed by atoms with van der Waals surface area (Å²) in [5.74, 6) is -3.43. The molecular weight excluding hydrogens is 506 g/mol. The average molecular weight is 532 g/mol. The fourth-order valence-electron chi connectivity index (χ4n) is 6.28. The van der Waals surface area contributed by atoms with Crippen LogP contribution >= 0.6 is 11.6 Å². The number of phenolic OH excluding ortho intramolecular Hbond substituents is 2. The van der Waals surface area contributed by atoms with Gasteiger partial charge >= 0.3 is 0 Å². The summed E-state index contributed by atoms with van der Waals surface area (Å²) in [6.45, 7) is 2.07. The van der Waals surface area contributed by atoms with Crippen molar-refractivity contribution in [3.05, 3.63) is 87.9 Å². The molecule has 2 fully saturated rings. The van der Waals surface area contributed by atoms with Crippen LogP contribution in [0.15, 0.2) is 60.7 Å². The molecule has 0 unspecified atom stereocenters. The fraction of sp³-hybridized carbons (Fsp3) is 0.276. The summed E-state index contributed by atoms with van der Waals surface area (Å²) < 4.78 is 0. The molecule has 3 amide bonds. The maximum absolute atomic E-state index is 14.0. The Morgan fingerprint density at radius 3 is 2.45 bits per heavy atom. The van der Waals surface area contributed by atoms with Gasteiger partial charge in [0, 0.05) is 18.2 Å². The molecule has 194 valence electrons. The molecule has 0 saturated carbocycles. The van der Waals surface area contributed by atoms with Crippen molar-refractivity contribution < 1.29 is 24.6 Å². The number of benzene rings is 3. The van der Waals surface area contributed by atoms with Crippen LogP contribution in [-0.2, 0) is 32.8 Å². The van der Waals surface area contributed by atoms with E-state index in [1.807, 2.05) is 43.3 Å². The summed E-state index contributed by atoms with van der Waals surface area (Å²) >= 11 is 6.50. The van der Waals surface area contributed by atoms with Crippen LogP contribution in [0.5, 0.6) is 11.5 Å². The Balaban J connectivity index is 1.42. The smallest absolute Gasteiger partial charge is 0.250 e. The first-order valence-electron chi connectivity index (χ1n) is 12.5. The van der Waals surface area contributed by atoms with Crippen LogP contribution in [0.1, 0.15) is 22.3 Å². The van der Waals surface area contributed by atoms with E-state index in [1.54, 1.807) is 12.1 Å². The van der Waals surface area contributed by atoms with Crippen LogP contribution in [-0.4, -0.2) is 45.4 Å². The molecule has 4 N–H and O–H groups in total. The van der Waals surface area contributed by atoms with Crippen molar-refractivity contribution in [3.63, 3.8) is 0 Å². The molecule has 0 aliphatic carbocycles. The minimum Gasteiger partial charge on any atom is -0.504 e. The quantitative estimate of drug-likeness (QED) is 0.296. The number of fused-ring (bicyclic) bond motifs is 4. The van der Waals surface area contributed by atoms with Crippen molar-refractivity contribution in [1.82, 2.24) is 10.2 Å². The lowest BCUT2D eigenvalue weighted by Gasteiger charge is -2.30. The first-order chi connectivity index (χ1) is 18.2. The van der Waals surface area contributed by atoms with Gasteiger partial charge in [-0.3, -0.25) is 24.6 Å². The SMILES string of the molecule is Cc1cc(Cl)c2c(c1)[C@]1(N[C@H](Cc3ccc(O)c(O)c3)[C@H]3C(=O)N(CCc4ccccc4)C(=O)[C@@H]31)C(=O)N2. The summed E-state index contributed by atoms with van der Waals surface area (Å²) in [6.07, 6.45) is 0.757. The Hall–Kier alpha value is -3.88. The molecule has 4 atom stereocenters. The third kappa shape index (κ3) is 3.59. The summed E-state index contributed by atoms with van der Waals surface area (Å²) in [5.41, 5.74) is 2.02. The zero-order chi connectivity index (χ0) is 26.8. The number of nitrogens with one attached hydrogen (secondary N) is 2. The minimum absolute atomic E-state index is 0.209. The summed E-state index contributed by atoms with van der Waals surface area (Å²) in [7, 11) is 0. The van der Waals surface area contributed by atoms with Crippen molar-refractivity contribution in [2.24, 2.45) is 11.8 Å². The number of carbonyl (C=O) groups excluding carboxylic acids is 3. The number of likely N-dealkylation sites (tertiary alicyclic amines) is 1. The second-order valence-electron chi connectivity index (χ2n) is 10.3. The molecule has 3 heterocycles. The lowest BCUT2D eigenvalue weighted by Crippen LogP contribution is -2.53. The molecule has 38 heavy (non-hydrogen) atoms. The topological polar surface area (TPSA) is 119 Å². The Kier molecular flexibility index (Phi) is 5.70. The third-order valence-corrected chi connectivity index (χ3v) is 8.27. The van der Waals surface area contributed by atoms with E-state index in [4.69, 9.17) is 11.6 Å². The van der Waals surface area contributed by atoms with Gasteiger partial charge in [0.05, 0.1) is 22.5 Å². The molecule has 3 aromatic rings. The van der Waals surface area contributed by atoms with E-state index in [-0.39, 0.29) is 36.3 Å². The van der Waals surface area contributed by atoms with Crippen molar-refractivity contribution in [1.29, 1.82) is 0 Å². The summed E-state index contributed by atoms with van der Waals surface area (Å²) in [5, 5.41) is 26.4. The van der Waals surface area contributed by atoms with Gasteiger partial charge in [-0.2, -0.15) is 0 Å².